The van der Waals surface area contributed by atoms with E-state index in [1.54, 1.807) is 92.7 Å². The smallest absolute Gasteiger partial charge is 0.414 e. The van der Waals surface area contributed by atoms with Gasteiger partial charge in [-0.05, 0) is 129 Å². The minimum atomic E-state index is -4.64. The average molecular weight is 1250 g/mol. The van der Waals surface area contributed by atoms with Gasteiger partial charge in [-0.25, -0.2) is 14.4 Å². The standard InChI is InChI=1S/C59H80N11O11PS3/c1-36(2)51(67-54(75)45(34-38-14-8-6-9-15-38)65-50(74)31-30-49(73)63-33-13-7-12-32-62-48(72)17-11-10-16-47-53-46(35-85-47)66-59(78)69-53)55(76)68-52(37(3)71)56(77)70-57(39-18-20-40(21-19-39)64-58(60)61)82(79,80-41-22-26-43(83-4)27-23-41)81-42-24-28-44(84-5)29-25-42/h6,8-9,14-15,18-29,36-37,45-47,51-53,57,71H,7,10-13,16-17,30-35H2,1-5H3,(H,62,72)(H,63,73)(H,65,74)(H,67,75)(H,68,76)(H,70,77)(H4,60,61,64)(H2,66,69,78). The number of aliphatic hydroxyl groups excluding tert-OH is 1. The third-order valence-electron chi connectivity index (χ3n) is 14.0. The summed E-state index contributed by atoms with van der Waals surface area (Å²) in [6.45, 7) is 5.51. The lowest BCUT2D eigenvalue weighted by Crippen LogP contribution is -2.60. The number of hydrogen-bond donors (Lipinski definition) is 11. The van der Waals surface area contributed by atoms with Crippen LogP contribution in [0.15, 0.2) is 118 Å². The lowest BCUT2D eigenvalue weighted by Gasteiger charge is -2.31. The van der Waals surface area contributed by atoms with E-state index in [0.29, 0.717) is 42.4 Å². The normalized spacial score (nSPS) is 17.1. The first kappa shape index (κ1) is 67.2. The number of thioether (sulfide) groups is 3. The molecule has 26 heteroatoms. The molecule has 0 saturated carbocycles. The second kappa shape index (κ2) is 33.7. The Hall–Kier alpha value is -6.92. The molecule has 8 amide bonds. The molecule has 0 aromatic heterocycles. The minimum absolute atomic E-state index is 0.000350. The highest BCUT2D eigenvalue weighted by Gasteiger charge is 2.45. The lowest BCUT2D eigenvalue weighted by atomic mass is 10.00. The van der Waals surface area contributed by atoms with Gasteiger partial charge >= 0.3 is 13.6 Å². The number of aliphatic hydroxyl groups is 1. The molecule has 8 atom stereocenters. The first-order valence-electron chi connectivity index (χ1n) is 28.3. The SMILES string of the molecule is CSc1ccc(OP(=O)(Oc2ccc(SC)cc2)C(NC(=O)C(NC(=O)C(NC(=O)C(Cc2ccccc2)NC(=O)CCC(=O)NCCCCCNC(=O)CCCCC2SCC3NC(=O)NC32)C(C)C)C(C)O)c2ccc(N=C(N)N)cc2)cc1. The molecule has 2 aliphatic rings. The van der Waals surface area contributed by atoms with Gasteiger partial charge in [-0.3, -0.25) is 28.8 Å². The predicted molar refractivity (Wildman–Crippen MR) is 334 cm³/mol. The van der Waals surface area contributed by atoms with Gasteiger partial charge in [0.2, 0.25) is 35.4 Å². The number of hydrogen-bond acceptors (Lipinski definition) is 15. The molecule has 6 rings (SSSR count). The second-order valence-electron chi connectivity index (χ2n) is 21.0. The van der Waals surface area contributed by atoms with Crippen molar-refractivity contribution in [3.05, 3.63) is 114 Å². The Morgan fingerprint density at radius 2 is 1.25 bits per heavy atom. The fraction of sp³-hybridized carbons (Fsp3) is 0.458. The number of fused-ring (bicyclic) bond motifs is 1. The van der Waals surface area contributed by atoms with E-state index >= 15 is 4.57 Å². The Morgan fingerprint density at radius 1 is 0.682 bits per heavy atom. The molecule has 2 aliphatic heterocycles. The maximum Gasteiger partial charge on any atom is 0.457 e. The van der Waals surface area contributed by atoms with Crippen molar-refractivity contribution in [1.29, 1.82) is 0 Å². The zero-order valence-corrected chi connectivity index (χ0v) is 51.9. The van der Waals surface area contributed by atoms with Crippen LogP contribution in [0.2, 0.25) is 0 Å². The molecule has 0 spiro atoms. The van der Waals surface area contributed by atoms with Crippen LogP contribution < -0.4 is 63.0 Å². The molecule has 2 saturated heterocycles. The molecule has 0 aliphatic carbocycles. The fourth-order valence-corrected chi connectivity index (χ4v) is 13.7. The summed E-state index contributed by atoms with van der Waals surface area (Å²) in [5.74, 6) is -4.71. The number of aliphatic imine (C=N–C) groups is 1. The number of carbonyl (C=O) groups excluding carboxylic acids is 7. The van der Waals surface area contributed by atoms with E-state index in [0.717, 1.165) is 47.6 Å². The number of nitrogens with one attached hydrogen (secondary N) is 8. The molecule has 2 heterocycles. The molecular formula is C59H80N11O11PS3. The lowest BCUT2D eigenvalue weighted by molar-refractivity contribution is -0.136. The average Bonchev–Trinajstić information content (AvgIpc) is 2.80. The van der Waals surface area contributed by atoms with E-state index in [2.05, 4.69) is 47.5 Å². The summed E-state index contributed by atoms with van der Waals surface area (Å²) in [6.07, 6.45) is 7.11. The summed E-state index contributed by atoms with van der Waals surface area (Å²) in [4.78, 5) is 99.4. The van der Waals surface area contributed by atoms with Gasteiger partial charge in [0.15, 0.2) is 11.7 Å². The molecule has 13 N–H and O–H groups in total. The highest BCUT2D eigenvalue weighted by Crippen LogP contribution is 2.59. The molecule has 2 fully saturated rings. The number of nitrogens with zero attached hydrogens (tertiary/aromatic N) is 1. The van der Waals surface area contributed by atoms with E-state index in [-0.39, 0.29) is 72.2 Å². The number of benzene rings is 4. The molecular weight excluding hydrogens is 1170 g/mol. The zero-order valence-electron chi connectivity index (χ0n) is 48.5. The number of rotatable bonds is 34. The van der Waals surface area contributed by atoms with Crippen molar-refractivity contribution in [1.82, 2.24) is 42.5 Å². The summed E-state index contributed by atoms with van der Waals surface area (Å²) in [5, 5.41) is 34.1. The van der Waals surface area contributed by atoms with Crippen LogP contribution >= 0.6 is 42.9 Å². The summed E-state index contributed by atoms with van der Waals surface area (Å²) < 4.78 is 28.1. The first-order chi connectivity index (χ1) is 40.7. The maximum atomic E-state index is 15.6. The predicted octanol–water partition coefficient (Wildman–Crippen LogP) is 6.14. The Balaban J connectivity index is 1.05. The van der Waals surface area contributed by atoms with Crippen molar-refractivity contribution in [2.45, 2.75) is 142 Å². The number of nitrogens with two attached hydrogens (primary N) is 2. The minimum Gasteiger partial charge on any atom is -0.414 e. The number of amides is 8. The van der Waals surface area contributed by atoms with Gasteiger partial charge in [0, 0.05) is 59.6 Å². The Kier molecular flexibility index (Phi) is 26.6. The van der Waals surface area contributed by atoms with Crippen LogP contribution in [-0.2, 0) is 39.8 Å². The number of unbranched alkanes of at least 4 members (excludes halogenated alkanes) is 3. The highest BCUT2D eigenvalue weighted by molar-refractivity contribution is 8.00. The van der Waals surface area contributed by atoms with Gasteiger partial charge in [0.05, 0.1) is 23.9 Å². The number of guanidine groups is 1. The summed E-state index contributed by atoms with van der Waals surface area (Å²) in [7, 11) is -4.64. The second-order valence-corrected chi connectivity index (χ2v) is 26.0. The number of carbonyl (C=O) groups is 7. The molecule has 22 nitrogen and oxygen atoms in total. The monoisotopic (exact) mass is 1250 g/mol. The van der Waals surface area contributed by atoms with Crippen molar-refractivity contribution in [2.75, 3.05) is 31.4 Å². The number of urea groups is 1. The summed E-state index contributed by atoms with van der Waals surface area (Å²) in [5.41, 5.74) is 12.5. The Labute approximate surface area is 509 Å². The van der Waals surface area contributed by atoms with Crippen molar-refractivity contribution in [2.24, 2.45) is 22.4 Å². The van der Waals surface area contributed by atoms with Crippen LogP contribution in [-0.4, -0.2) is 125 Å². The van der Waals surface area contributed by atoms with Gasteiger partial charge in [-0.2, -0.15) is 11.8 Å². The third-order valence-corrected chi connectivity index (χ3v) is 19.0. The third kappa shape index (κ3) is 21.5. The molecule has 460 valence electrons. The van der Waals surface area contributed by atoms with Crippen LogP contribution in [0.4, 0.5) is 10.5 Å². The van der Waals surface area contributed by atoms with Crippen LogP contribution in [0, 0.1) is 5.92 Å². The topological polar surface area (TPSA) is 336 Å². The Bertz CT molecular complexity index is 2890. The van der Waals surface area contributed by atoms with Crippen molar-refractivity contribution in [3.8, 4) is 11.5 Å². The molecule has 85 heavy (non-hydrogen) atoms. The van der Waals surface area contributed by atoms with E-state index < -0.39 is 67.2 Å². The fourth-order valence-electron chi connectivity index (χ4n) is 9.46. The zero-order chi connectivity index (χ0) is 61.5. The van der Waals surface area contributed by atoms with E-state index in [1.807, 2.05) is 24.3 Å². The van der Waals surface area contributed by atoms with Crippen LogP contribution in [0.3, 0.4) is 0 Å². The molecule has 8 unspecified atom stereocenters. The first-order valence-corrected chi connectivity index (χ1v) is 33.5. The van der Waals surface area contributed by atoms with Crippen LogP contribution in [0.1, 0.15) is 95.5 Å². The van der Waals surface area contributed by atoms with Gasteiger partial charge in [0.25, 0.3) is 0 Å². The molecule has 4 aromatic carbocycles. The molecule has 4 aromatic rings. The van der Waals surface area contributed by atoms with E-state index in [4.69, 9.17) is 20.5 Å². The summed E-state index contributed by atoms with van der Waals surface area (Å²) in [6, 6.07) is 24.5. The van der Waals surface area contributed by atoms with Crippen molar-refractivity contribution >= 4 is 96.0 Å². The Morgan fingerprint density at radius 3 is 1.81 bits per heavy atom. The summed E-state index contributed by atoms with van der Waals surface area (Å²) >= 11 is 4.83. The van der Waals surface area contributed by atoms with Gasteiger partial charge in [0.1, 0.15) is 29.6 Å². The van der Waals surface area contributed by atoms with Crippen LogP contribution in [0.25, 0.3) is 0 Å². The van der Waals surface area contributed by atoms with Crippen molar-refractivity contribution in [3.63, 3.8) is 0 Å². The van der Waals surface area contributed by atoms with Crippen LogP contribution in [0.5, 0.6) is 11.5 Å². The maximum absolute atomic E-state index is 15.6. The quantitative estimate of drug-likeness (QED) is 0.00624. The largest absolute Gasteiger partial charge is 0.457 e. The van der Waals surface area contributed by atoms with Gasteiger partial charge < -0.3 is 68.2 Å². The van der Waals surface area contributed by atoms with Gasteiger partial charge in [-0.1, -0.05) is 62.7 Å². The van der Waals surface area contributed by atoms with E-state index in [1.165, 1.54) is 54.7 Å². The molecule has 0 bridgehead atoms. The van der Waals surface area contributed by atoms with Crippen molar-refractivity contribution < 1.29 is 52.3 Å². The molecule has 0 radical (unpaired) electrons. The van der Waals surface area contributed by atoms with Gasteiger partial charge in [-0.15, -0.1) is 23.5 Å². The van der Waals surface area contributed by atoms with E-state index in [9.17, 15) is 38.7 Å². The highest BCUT2D eigenvalue weighted by atomic mass is 32.2.